The van der Waals surface area contributed by atoms with Crippen LogP contribution in [0.1, 0.15) is 58.7 Å². The summed E-state index contributed by atoms with van der Waals surface area (Å²) in [6.07, 6.45) is 11.2. The number of nitrogens with zero attached hydrogens (tertiary/aromatic N) is 6. The van der Waals surface area contributed by atoms with Crippen molar-refractivity contribution in [2.45, 2.75) is 50.4 Å². The van der Waals surface area contributed by atoms with Gasteiger partial charge in [-0.3, -0.25) is 19.6 Å². The van der Waals surface area contributed by atoms with E-state index in [0.29, 0.717) is 10.3 Å². The monoisotopic (exact) mass is 520 g/mol. The first-order chi connectivity index (χ1) is 17.6. The Kier molecular flexibility index (Phi) is 7.62. The molecule has 0 bridgehead atoms. The predicted octanol–water partition coefficient (Wildman–Crippen LogP) is 3.98. The fourth-order valence-electron chi connectivity index (χ4n) is 4.24. The summed E-state index contributed by atoms with van der Waals surface area (Å²) in [5, 5.41) is 25.6. The van der Waals surface area contributed by atoms with E-state index in [1.54, 1.807) is 24.8 Å². The maximum atomic E-state index is 12.3. The van der Waals surface area contributed by atoms with Crippen LogP contribution < -0.4 is 10.6 Å². The summed E-state index contributed by atoms with van der Waals surface area (Å²) in [5.74, 6) is 0.217. The molecule has 1 fully saturated rings. The van der Waals surface area contributed by atoms with Gasteiger partial charge in [0, 0.05) is 36.6 Å². The Hall–Kier alpha value is -3.64. The van der Waals surface area contributed by atoms with Gasteiger partial charge in [-0.2, -0.15) is 0 Å². The molecule has 36 heavy (non-hydrogen) atoms. The Morgan fingerprint density at radius 3 is 1.72 bits per heavy atom. The fraction of sp³-hybridized carbons (Fsp3) is 0.333. The van der Waals surface area contributed by atoms with Crippen molar-refractivity contribution in [1.82, 2.24) is 30.4 Å². The van der Waals surface area contributed by atoms with Gasteiger partial charge in [-0.15, -0.1) is 20.4 Å². The Morgan fingerprint density at radius 2 is 1.28 bits per heavy atom. The lowest BCUT2D eigenvalue weighted by atomic mass is 9.82. The summed E-state index contributed by atoms with van der Waals surface area (Å²) in [5.41, 5.74) is 1.69. The molecule has 0 aliphatic heterocycles. The molecule has 4 heterocycles. The van der Waals surface area contributed by atoms with Crippen LogP contribution >= 0.6 is 22.7 Å². The quantitative estimate of drug-likeness (QED) is 0.356. The average molecular weight is 521 g/mol. The van der Waals surface area contributed by atoms with Crippen LogP contribution in [0.5, 0.6) is 0 Å². The maximum Gasteiger partial charge on any atom is 0.230 e. The first-order valence-electron chi connectivity index (χ1n) is 11.7. The molecule has 0 spiro atoms. The van der Waals surface area contributed by atoms with E-state index >= 15 is 0 Å². The van der Waals surface area contributed by atoms with Crippen LogP contribution in [0.25, 0.3) is 0 Å². The van der Waals surface area contributed by atoms with Crippen molar-refractivity contribution in [3.8, 4) is 0 Å². The number of hydrogen-bond donors (Lipinski definition) is 2. The molecular weight excluding hydrogens is 496 g/mol. The number of hydrogen-bond acceptors (Lipinski definition) is 10. The molecule has 5 rings (SSSR count). The summed E-state index contributed by atoms with van der Waals surface area (Å²) >= 11 is 2.85. The maximum absolute atomic E-state index is 12.3. The number of anilines is 2. The third kappa shape index (κ3) is 6.32. The molecule has 10 nitrogen and oxygen atoms in total. The van der Waals surface area contributed by atoms with Gasteiger partial charge >= 0.3 is 0 Å². The zero-order chi connectivity index (χ0) is 24.7. The molecule has 0 radical (unpaired) electrons. The number of carbonyl (C=O) groups excluding carboxylic acids is 2. The van der Waals surface area contributed by atoms with E-state index in [1.807, 2.05) is 24.3 Å². The summed E-state index contributed by atoms with van der Waals surface area (Å²) in [6.45, 7) is 0. The van der Waals surface area contributed by atoms with E-state index in [4.69, 9.17) is 0 Å². The van der Waals surface area contributed by atoms with Crippen molar-refractivity contribution >= 4 is 44.8 Å². The summed E-state index contributed by atoms with van der Waals surface area (Å²) < 4.78 is 0. The van der Waals surface area contributed by atoms with Gasteiger partial charge in [0.2, 0.25) is 22.1 Å². The molecule has 0 aromatic carbocycles. The van der Waals surface area contributed by atoms with E-state index in [0.717, 1.165) is 46.8 Å². The second-order valence-electron chi connectivity index (χ2n) is 8.62. The lowest BCUT2D eigenvalue weighted by Crippen LogP contribution is -2.14. The van der Waals surface area contributed by atoms with Crippen molar-refractivity contribution < 1.29 is 9.59 Å². The molecule has 4 aromatic rings. The third-order valence-electron chi connectivity index (χ3n) is 5.92. The van der Waals surface area contributed by atoms with E-state index in [1.165, 1.54) is 22.7 Å². The van der Waals surface area contributed by atoms with Crippen LogP contribution in [-0.2, 0) is 22.4 Å². The fourth-order valence-corrected chi connectivity index (χ4v) is 6.06. The predicted molar refractivity (Wildman–Crippen MR) is 137 cm³/mol. The Balaban J connectivity index is 1.15. The Labute approximate surface area is 215 Å². The van der Waals surface area contributed by atoms with Crippen molar-refractivity contribution in [3.63, 3.8) is 0 Å². The van der Waals surface area contributed by atoms with Crippen molar-refractivity contribution in [1.29, 1.82) is 0 Å². The second kappa shape index (κ2) is 11.4. The Morgan fingerprint density at radius 1 is 0.778 bits per heavy atom. The highest BCUT2D eigenvalue weighted by molar-refractivity contribution is 7.15. The largest absolute Gasteiger partial charge is 0.300 e. The molecule has 1 saturated carbocycles. The van der Waals surface area contributed by atoms with Crippen LogP contribution in [0, 0.1) is 0 Å². The molecule has 2 amide bonds. The highest BCUT2D eigenvalue weighted by Gasteiger charge is 2.29. The summed E-state index contributed by atoms with van der Waals surface area (Å²) in [6, 6.07) is 7.35. The van der Waals surface area contributed by atoms with Gasteiger partial charge < -0.3 is 10.6 Å². The first-order valence-corrected chi connectivity index (χ1v) is 13.3. The number of rotatable bonds is 8. The summed E-state index contributed by atoms with van der Waals surface area (Å²) in [4.78, 5) is 32.8. The molecule has 12 heteroatoms. The van der Waals surface area contributed by atoms with E-state index in [-0.39, 0.29) is 36.5 Å². The second-order valence-corrected chi connectivity index (χ2v) is 10.6. The van der Waals surface area contributed by atoms with Crippen LogP contribution in [0.4, 0.5) is 10.3 Å². The zero-order valence-electron chi connectivity index (χ0n) is 19.3. The molecule has 0 saturated heterocycles. The van der Waals surface area contributed by atoms with Crippen molar-refractivity contribution in [2.24, 2.45) is 0 Å². The van der Waals surface area contributed by atoms with Gasteiger partial charge in [0.1, 0.15) is 10.0 Å². The van der Waals surface area contributed by atoms with Crippen LogP contribution in [0.15, 0.2) is 49.1 Å². The van der Waals surface area contributed by atoms with Crippen LogP contribution in [-0.4, -0.2) is 42.2 Å². The van der Waals surface area contributed by atoms with Gasteiger partial charge in [0.05, 0.1) is 12.8 Å². The topological polar surface area (TPSA) is 136 Å². The summed E-state index contributed by atoms with van der Waals surface area (Å²) in [7, 11) is 0. The van der Waals surface area contributed by atoms with Crippen LogP contribution in [0.3, 0.4) is 0 Å². The molecule has 184 valence electrons. The molecular formula is C24H24N8O2S2. The molecule has 2 atom stereocenters. The number of carbonyl (C=O) groups is 2. The van der Waals surface area contributed by atoms with Crippen molar-refractivity contribution in [2.75, 3.05) is 10.6 Å². The standard InChI is InChI=1S/C24H24N8O2S2/c33-19(10-15-4-2-8-25-13-15)27-23-31-29-21(35-23)17-6-1-7-18(12-17)22-30-32-24(36-22)28-20(34)11-16-5-3-9-26-14-16/h2-5,8-9,13-14,17-18H,1,6-7,10-12H2,(H,27,31,33)(H,28,32,34)/t17-,18-/m0/s1. The van der Waals surface area contributed by atoms with E-state index < -0.39 is 0 Å². The molecule has 0 unspecified atom stereocenters. The number of pyridine rings is 2. The van der Waals surface area contributed by atoms with Gasteiger partial charge in [-0.25, -0.2) is 0 Å². The minimum absolute atomic E-state index is 0.140. The van der Waals surface area contributed by atoms with E-state index in [2.05, 4.69) is 41.0 Å². The first kappa shape index (κ1) is 24.1. The number of amides is 2. The Bertz CT molecular complexity index is 1210. The SMILES string of the molecule is O=C(Cc1cccnc1)Nc1nnc([C@H]2CCC[C@H](c3nnc(NC(=O)Cc4cccnc4)s3)C2)s1. The highest BCUT2D eigenvalue weighted by Crippen LogP contribution is 2.43. The molecule has 1 aliphatic carbocycles. The van der Waals surface area contributed by atoms with E-state index in [9.17, 15) is 9.59 Å². The van der Waals surface area contributed by atoms with Crippen LogP contribution in [0.2, 0.25) is 0 Å². The van der Waals surface area contributed by atoms with Crippen molar-refractivity contribution in [3.05, 3.63) is 70.2 Å². The molecule has 2 N–H and O–H groups in total. The van der Waals surface area contributed by atoms with Gasteiger partial charge in [0.25, 0.3) is 0 Å². The zero-order valence-corrected chi connectivity index (χ0v) is 21.0. The molecule has 4 aromatic heterocycles. The van der Waals surface area contributed by atoms with Gasteiger partial charge in [-0.05, 0) is 42.5 Å². The van der Waals surface area contributed by atoms with Gasteiger partial charge in [0.15, 0.2) is 0 Å². The number of nitrogens with one attached hydrogen (secondary N) is 2. The minimum Gasteiger partial charge on any atom is -0.300 e. The smallest absolute Gasteiger partial charge is 0.230 e. The third-order valence-corrected chi connectivity index (χ3v) is 7.92. The van der Waals surface area contributed by atoms with Gasteiger partial charge in [-0.1, -0.05) is 41.2 Å². The molecule has 1 aliphatic rings. The lowest BCUT2D eigenvalue weighted by molar-refractivity contribution is -0.116. The minimum atomic E-state index is -0.140. The number of aromatic nitrogens is 6. The normalized spacial score (nSPS) is 17.4. The highest BCUT2D eigenvalue weighted by atomic mass is 32.1. The average Bonchev–Trinajstić information content (AvgIpc) is 3.55. The lowest BCUT2D eigenvalue weighted by Gasteiger charge is -2.25.